The number of nitrogens with zero attached hydrogens (tertiary/aromatic N) is 2. The predicted molar refractivity (Wildman–Crippen MR) is 88.2 cm³/mol. The second kappa shape index (κ2) is 7.04. The van der Waals surface area contributed by atoms with Crippen molar-refractivity contribution in [2.75, 3.05) is 26.7 Å². The topological polar surface area (TPSA) is 93.9 Å². The van der Waals surface area contributed by atoms with E-state index in [1.54, 1.807) is 11.0 Å². The maximum Gasteiger partial charge on any atom is 0.410 e. The molecular weight excluding hydrogens is 314 g/mol. The van der Waals surface area contributed by atoms with Crippen LogP contribution in [0.1, 0.15) is 32.4 Å². The highest BCUT2D eigenvalue weighted by Gasteiger charge is 2.30. The Balaban J connectivity index is 2.21. The molecule has 0 aromatic heterocycles. The Kier molecular flexibility index (Phi) is 5.28. The maximum atomic E-state index is 12.3. The van der Waals surface area contributed by atoms with Crippen molar-refractivity contribution in [1.29, 1.82) is 0 Å². The Morgan fingerprint density at radius 1 is 1.42 bits per heavy atom. The second-order valence-electron chi connectivity index (χ2n) is 6.62. The van der Waals surface area contributed by atoms with Crippen LogP contribution in [0.15, 0.2) is 18.2 Å². The fourth-order valence-corrected chi connectivity index (χ4v) is 2.56. The average Bonchev–Trinajstić information content (AvgIpc) is 2.52. The minimum atomic E-state index is -0.569. The van der Waals surface area contributed by atoms with E-state index in [4.69, 9.17) is 9.47 Å². The lowest BCUT2D eigenvalue weighted by Crippen LogP contribution is -2.49. The zero-order valence-corrected chi connectivity index (χ0v) is 14.4. The summed E-state index contributed by atoms with van der Waals surface area (Å²) in [6, 6.07) is 4.19. The number of rotatable bonds is 3. The number of ether oxygens (including phenoxy) is 2. The molecule has 0 spiro atoms. The minimum absolute atomic E-state index is 0.0120. The third-order valence-corrected chi connectivity index (χ3v) is 3.63. The van der Waals surface area contributed by atoms with Gasteiger partial charge in [-0.1, -0.05) is 0 Å². The standard InChI is InChI=1S/C16H23N3O5/c1-16(2,3)24-15(20)18-8-7-17-13(10-18)12-9-11(19(21)22)5-6-14(12)23-4/h5-6,9,13,17H,7-8,10H2,1-4H3. The molecule has 1 unspecified atom stereocenters. The van der Waals surface area contributed by atoms with E-state index in [1.807, 2.05) is 20.8 Å². The van der Waals surface area contributed by atoms with Crippen LogP contribution in [-0.2, 0) is 4.74 Å². The number of hydrogen-bond acceptors (Lipinski definition) is 6. The molecule has 24 heavy (non-hydrogen) atoms. The maximum absolute atomic E-state index is 12.3. The van der Waals surface area contributed by atoms with Crippen LogP contribution in [0.4, 0.5) is 10.5 Å². The van der Waals surface area contributed by atoms with Crippen molar-refractivity contribution in [2.45, 2.75) is 32.4 Å². The van der Waals surface area contributed by atoms with Gasteiger partial charge in [-0.2, -0.15) is 0 Å². The van der Waals surface area contributed by atoms with Crippen molar-refractivity contribution in [1.82, 2.24) is 10.2 Å². The number of piperazine rings is 1. The number of benzene rings is 1. The number of carbonyl (C=O) groups excluding carboxylic acids is 1. The van der Waals surface area contributed by atoms with Crippen molar-refractivity contribution in [3.8, 4) is 5.75 Å². The van der Waals surface area contributed by atoms with Crippen LogP contribution in [-0.4, -0.2) is 48.3 Å². The van der Waals surface area contributed by atoms with Gasteiger partial charge in [-0.05, 0) is 26.8 Å². The highest BCUT2D eigenvalue weighted by atomic mass is 16.6. The average molecular weight is 337 g/mol. The molecule has 8 nitrogen and oxygen atoms in total. The van der Waals surface area contributed by atoms with Gasteiger partial charge in [-0.15, -0.1) is 0 Å². The van der Waals surface area contributed by atoms with Gasteiger partial charge < -0.3 is 19.7 Å². The van der Waals surface area contributed by atoms with E-state index in [0.717, 1.165) is 0 Å². The molecule has 0 bridgehead atoms. The van der Waals surface area contributed by atoms with Gasteiger partial charge in [0.25, 0.3) is 5.69 Å². The van der Waals surface area contributed by atoms with Gasteiger partial charge in [0.1, 0.15) is 11.4 Å². The number of nitrogens with one attached hydrogen (secondary N) is 1. The van der Waals surface area contributed by atoms with Crippen LogP contribution >= 0.6 is 0 Å². The summed E-state index contributed by atoms with van der Waals surface area (Å²) in [4.78, 5) is 24.4. The molecule has 1 aromatic carbocycles. The summed E-state index contributed by atoms with van der Waals surface area (Å²) in [5.41, 5.74) is 0.0719. The Labute approximate surface area is 140 Å². The quantitative estimate of drug-likeness (QED) is 0.673. The molecule has 1 aliphatic heterocycles. The molecule has 1 aromatic rings. The molecule has 1 N–H and O–H groups in total. The lowest BCUT2D eigenvalue weighted by atomic mass is 10.0. The van der Waals surface area contributed by atoms with Crippen LogP contribution in [0, 0.1) is 10.1 Å². The van der Waals surface area contributed by atoms with Crippen LogP contribution in [0.3, 0.4) is 0 Å². The summed E-state index contributed by atoms with van der Waals surface area (Å²) in [5.74, 6) is 0.545. The number of hydrogen-bond donors (Lipinski definition) is 1. The first-order valence-electron chi connectivity index (χ1n) is 7.75. The molecule has 0 radical (unpaired) electrons. The number of nitro groups is 1. The van der Waals surface area contributed by atoms with E-state index < -0.39 is 16.6 Å². The van der Waals surface area contributed by atoms with Crippen molar-refractivity contribution in [2.24, 2.45) is 0 Å². The summed E-state index contributed by atoms with van der Waals surface area (Å²) in [7, 11) is 1.51. The summed E-state index contributed by atoms with van der Waals surface area (Å²) in [5, 5.41) is 14.3. The third-order valence-electron chi connectivity index (χ3n) is 3.63. The highest BCUT2D eigenvalue weighted by molar-refractivity contribution is 5.68. The lowest BCUT2D eigenvalue weighted by molar-refractivity contribution is -0.385. The summed E-state index contributed by atoms with van der Waals surface area (Å²) in [6.45, 7) is 6.88. The first kappa shape index (κ1) is 18.0. The summed E-state index contributed by atoms with van der Waals surface area (Å²) < 4.78 is 10.7. The number of nitro benzene ring substituents is 1. The predicted octanol–water partition coefficient (Wildman–Crippen LogP) is 2.48. The molecule has 1 fully saturated rings. The van der Waals surface area contributed by atoms with Gasteiger partial charge in [0.2, 0.25) is 0 Å². The zero-order chi connectivity index (χ0) is 17.9. The van der Waals surface area contributed by atoms with E-state index in [-0.39, 0.29) is 11.7 Å². The van der Waals surface area contributed by atoms with Gasteiger partial charge >= 0.3 is 6.09 Å². The van der Waals surface area contributed by atoms with Crippen molar-refractivity contribution in [3.05, 3.63) is 33.9 Å². The van der Waals surface area contributed by atoms with Crippen LogP contribution in [0.2, 0.25) is 0 Å². The lowest BCUT2D eigenvalue weighted by Gasteiger charge is -2.35. The van der Waals surface area contributed by atoms with Gasteiger partial charge in [0.15, 0.2) is 0 Å². The Morgan fingerprint density at radius 2 is 2.12 bits per heavy atom. The molecule has 1 saturated heterocycles. The molecule has 1 aliphatic rings. The van der Waals surface area contributed by atoms with Crippen molar-refractivity contribution >= 4 is 11.8 Å². The molecule has 1 heterocycles. The van der Waals surface area contributed by atoms with E-state index in [1.165, 1.54) is 19.2 Å². The van der Waals surface area contributed by atoms with E-state index in [9.17, 15) is 14.9 Å². The van der Waals surface area contributed by atoms with Crippen LogP contribution in [0.5, 0.6) is 5.75 Å². The van der Waals surface area contributed by atoms with Gasteiger partial charge in [0, 0.05) is 37.3 Å². The third kappa shape index (κ3) is 4.35. The molecule has 1 amide bonds. The second-order valence-corrected chi connectivity index (χ2v) is 6.62. The summed E-state index contributed by atoms with van der Waals surface area (Å²) >= 11 is 0. The van der Waals surface area contributed by atoms with Crippen molar-refractivity contribution < 1.29 is 19.2 Å². The fourth-order valence-electron chi connectivity index (χ4n) is 2.56. The largest absolute Gasteiger partial charge is 0.496 e. The van der Waals surface area contributed by atoms with E-state index >= 15 is 0 Å². The van der Waals surface area contributed by atoms with Crippen LogP contribution < -0.4 is 10.1 Å². The molecule has 0 saturated carbocycles. The van der Waals surface area contributed by atoms with Gasteiger partial charge in [0.05, 0.1) is 18.1 Å². The molecule has 2 rings (SSSR count). The first-order valence-corrected chi connectivity index (χ1v) is 7.75. The minimum Gasteiger partial charge on any atom is -0.496 e. The first-order chi connectivity index (χ1) is 11.2. The number of amides is 1. The number of methoxy groups -OCH3 is 1. The Morgan fingerprint density at radius 3 is 2.71 bits per heavy atom. The van der Waals surface area contributed by atoms with E-state index in [2.05, 4.69) is 5.32 Å². The normalized spacial score (nSPS) is 18.2. The molecular formula is C16H23N3O5. The smallest absolute Gasteiger partial charge is 0.410 e. The number of non-ortho nitro benzene ring substituents is 1. The van der Waals surface area contributed by atoms with Crippen LogP contribution in [0.25, 0.3) is 0 Å². The Bertz CT molecular complexity index is 627. The van der Waals surface area contributed by atoms with E-state index in [0.29, 0.717) is 30.9 Å². The van der Waals surface area contributed by atoms with Gasteiger partial charge in [-0.25, -0.2) is 4.79 Å². The SMILES string of the molecule is COc1ccc([N+](=O)[O-])cc1C1CN(C(=O)OC(C)(C)C)CCN1. The fraction of sp³-hybridized carbons (Fsp3) is 0.562. The molecule has 1 atom stereocenters. The molecule has 132 valence electrons. The monoisotopic (exact) mass is 337 g/mol. The summed E-state index contributed by atoms with van der Waals surface area (Å²) in [6.07, 6.45) is -0.390. The van der Waals surface area contributed by atoms with Crippen molar-refractivity contribution in [3.63, 3.8) is 0 Å². The number of carbonyl (C=O) groups is 1. The van der Waals surface area contributed by atoms with Gasteiger partial charge in [-0.3, -0.25) is 10.1 Å². The highest BCUT2D eigenvalue weighted by Crippen LogP contribution is 2.31. The molecule has 0 aliphatic carbocycles. The molecule has 8 heteroatoms. The Hall–Kier alpha value is -2.35. The zero-order valence-electron chi connectivity index (χ0n) is 14.4.